The Kier molecular flexibility index (Phi) is 5.21. The second kappa shape index (κ2) is 7.50. The second-order valence-corrected chi connectivity index (χ2v) is 9.60. The number of aromatic nitrogens is 1. The van der Waals surface area contributed by atoms with Gasteiger partial charge in [-0.1, -0.05) is 5.16 Å². The maximum absolute atomic E-state index is 13.7. The van der Waals surface area contributed by atoms with Crippen molar-refractivity contribution >= 4 is 17.6 Å². The van der Waals surface area contributed by atoms with E-state index in [0.717, 1.165) is 25.8 Å². The van der Waals surface area contributed by atoms with E-state index >= 15 is 0 Å². The van der Waals surface area contributed by atoms with E-state index in [1.807, 2.05) is 14.1 Å². The van der Waals surface area contributed by atoms with Crippen LogP contribution in [0.2, 0.25) is 0 Å². The van der Waals surface area contributed by atoms with Gasteiger partial charge in [0, 0.05) is 19.2 Å². The predicted molar refractivity (Wildman–Crippen MR) is 106 cm³/mol. The van der Waals surface area contributed by atoms with Gasteiger partial charge in [-0.15, -0.1) is 0 Å². The highest BCUT2D eigenvalue weighted by molar-refractivity contribution is 5.94. The number of hydrogen-bond donors (Lipinski definition) is 1. The molecule has 2 amide bonds. The van der Waals surface area contributed by atoms with Gasteiger partial charge in [-0.2, -0.15) is 0 Å². The molecule has 1 aromatic heterocycles. The molecule has 154 valence electrons. The molecule has 1 aromatic rings. The Hall–Kier alpha value is -1.89. The molecule has 4 fully saturated rings. The van der Waals surface area contributed by atoms with E-state index in [1.54, 1.807) is 17.9 Å². The lowest BCUT2D eigenvalue weighted by Gasteiger charge is -2.56. The number of aryl methyl sites for hydroxylation is 1. The summed E-state index contributed by atoms with van der Waals surface area (Å²) in [5.74, 6) is 3.14. The maximum atomic E-state index is 13.7. The quantitative estimate of drug-likeness (QED) is 0.777. The summed E-state index contributed by atoms with van der Waals surface area (Å²) in [6.45, 7) is 3.16. The first-order chi connectivity index (χ1) is 13.3. The summed E-state index contributed by atoms with van der Waals surface area (Å²) in [6.07, 6.45) is 6.95. The summed E-state index contributed by atoms with van der Waals surface area (Å²) in [7, 11) is 3.98. The number of hydrogen-bond acceptors (Lipinski definition) is 5. The lowest BCUT2D eigenvalue weighted by molar-refractivity contribution is -0.158. The minimum Gasteiger partial charge on any atom is -0.360 e. The Morgan fingerprint density at radius 1 is 1.14 bits per heavy atom. The first-order valence-corrected chi connectivity index (χ1v) is 10.5. The van der Waals surface area contributed by atoms with Crippen molar-refractivity contribution in [3.8, 4) is 0 Å². The minimum atomic E-state index is -0.230. The van der Waals surface area contributed by atoms with Crippen molar-refractivity contribution in [2.45, 2.75) is 45.4 Å². The number of anilines is 1. The Morgan fingerprint density at radius 3 is 2.25 bits per heavy atom. The maximum Gasteiger partial charge on any atom is 0.245 e. The summed E-state index contributed by atoms with van der Waals surface area (Å²) in [5.41, 5.74) is -0.230. The van der Waals surface area contributed by atoms with Crippen LogP contribution in [0, 0.1) is 30.1 Å². The molecule has 0 aromatic carbocycles. The molecule has 4 bridgehead atoms. The average molecular weight is 389 g/mol. The first-order valence-electron chi connectivity index (χ1n) is 10.5. The van der Waals surface area contributed by atoms with Gasteiger partial charge in [0.25, 0.3) is 0 Å². The first kappa shape index (κ1) is 19.4. The zero-order valence-corrected chi connectivity index (χ0v) is 17.2. The highest BCUT2D eigenvalue weighted by Gasteiger charge is 2.55. The van der Waals surface area contributed by atoms with Gasteiger partial charge in [-0.05, 0) is 77.3 Å². The molecule has 4 aliphatic carbocycles. The Balaban J connectivity index is 1.47. The zero-order valence-electron chi connectivity index (χ0n) is 17.2. The van der Waals surface area contributed by atoms with Crippen LogP contribution in [0.5, 0.6) is 0 Å². The van der Waals surface area contributed by atoms with Crippen molar-refractivity contribution in [1.29, 1.82) is 0 Å². The molecule has 1 heterocycles. The second-order valence-electron chi connectivity index (χ2n) is 9.60. The van der Waals surface area contributed by atoms with Crippen LogP contribution in [-0.2, 0) is 9.59 Å². The topological polar surface area (TPSA) is 78.7 Å². The largest absolute Gasteiger partial charge is 0.360 e. The Morgan fingerprint density at radius 2 is 1.75 bits per heavy atom. The van der Waals surface area contributed by atoms with E-state index in [4.69, 9.17) is 4.52 Å². The number of carbonyl (C=O) groups excluding carboxylic acids is 2. The molecule has 5 rings (SSSR count). The normalized spacial score (nSPS) is 30.6. The monoisotopic (exact) mass is 388 g/mol. The van der Waals surface area contributed by atoms with Gasteiger partial charge in [0.1, 0.15) is 5.76 Å². The smallest absolute Gasteiger partial charge is 0.245 e. The number of likely N-dealkylation sites (N-methyl/N-ethyl adjacent to an activating group) is 1. The number of nitrogens with zero attached hydrogens (tertiary/aromatic N) is 3. The van der Waals surface area contributed by atoms with Crippen LogP contribution in [0.3, 0.4) is 0 Å². The van der Waals surface area contributed by atoms with Crippen LogP contribution >= 0.6 is 0 Å². The number of carbonyl (C=O) groups is 2. The van der Waals surface area contributed by atoms with Crippen LogP contribution in [-0.4, -0.2) is 60.5 Å². The van der Waals surface area contributed by atoms with Crippen molar-refractivity contribution in [2.24, 2.45) is 23.2 Å². The minimum absolute atomic E-state index is 0.0698. The number of nitrogens with one attached hydrogen (secondary N) is 1. The molecule has 0 unspecified atom stereocenters. The standard InChI is InChI=1S/C21H32N4O3/c1-14-6-18(23-28-14)22-19(26)13-25(5-4-24(2)3)20(27)21-10-15-7-16(11-21)9-17(8-15)12-21/h6,15-17H,4-5,7-13H2,1-3H3,(H,22,23,26). The third-order valence-electron chi connectivity index (χ3n) is 6.83. The molecule has 0 saturated heterocycles. The van der Waals surface area contributed by atoms with Gasteiger partial charge in [0.15, 0.2) is 5.82 Å². The fourth-order valence-electron chi connectivity index (χ4n) is 6.06. The van der Waals surface area contributed by atoms with Gasteiger partial charge in [0.2, 0.25) is 11.8 Å². The molecule has 0 atom stereocenters. The van der Waals surface area contributed by atoms with Crippen LogP contribution < -0.4 is 5.32 Å². The predicted octanol–water partition coefficient (Wildman–Crippen LogP) is 2.53. The van der Waals surface area contributed by atoms with Crippen LogP contribution in [0.15, 0.2) is 10.6 Å². The summed E-state index contributed by atoms with van der Waals surface area (Å²) in [4.78, 5) is 30.1. The van der Waals surface area contributed by atoms with E-state index in [2.05, 4.69) is 15.4 Å². The average Bonchev–Trinajstić information content (AvgIpc) is 3.01. The fraction of sp³-hybridized carbons (Fsp3) is 0.762. The van der Waals surface area contributed by atoms with Gasteiger partial charge in [-0.3, -0.25) is 9.59 Å². The molecule has 1 N–H and O–H groups in total. The molecular formula is C21H32N4O3. The molecule has 0 spiro atoms. The van der Waals surface area contributed by atoms with Crippen molar-refractivity contribution < 1.29 is 14.1 Å². The van der Waals surface area contributed by atoms with Crippen LogP contribution in [0.4, 0.5) is 5.82 Å². The van der Waals surface area contributed by atoms with Crippen molar-refractivity contribution in [3.63, 3.8) is 0 Å². The summed E-state index contributed by atoms with van der Waals surface area (Å²) in [6, 6.07) is 1.68. The summed E-state index contributed by atoms with van der Waals surface area (Å²) < 4.78 is 5.01. The van der Waals surface area contributed by atoms with E-state index in [1.165, 1.54) is 19.3 Å². The van der Waals surface area contributed by atoms with E-state index in [0.29, 0.717) is 35.9 Å². The molecule has 0 radical (unpaired) electrons. The van der Waals surface area contributed by atoms with E-state index in [-0.39, 0.29) is 23.8 Å². The summed E-state index contributed by atoms with van der Waals surface area (Å²) in [5, 5.41) is 6.58. The third kappa shape index (κ3) is 3.95. The van der Waals surface area contributed by atoms with Gasteiger partial charge in [0.05, 0.1) is 12.0 Å². The third-order valence-corrected chi connectivity index (χ3v) is 6.83. The van der Waals surface area contributed by atoms with Crippen LogP contribution in [0.25, 0.3) is 0 Å². The molecule has 0 aliphatic heterocycles. The highest BCUT2D eigenvalue weighted by atomic mass is 16.5. The van der Waals surface area contributed by atoms with Crippen molar-refractivity contribution in [3.05, 3.63) is 11.8 Å². The van der Waals surface area contributed by atoms with Crippen molar-refractivity contribution in [2.75, 3.05) is 39.0 Å². The SMILES string of the molecule is Cc1cc(NC(=O)CN(CCN(C)C)C(=O)C23CC4CC(CC(C4)C2)C3)no1. The van der Waals surface area contributed by atoms with E-state index in [9.17, 15) is 9.59 Å². The lowest BCUT2D eigenvalue weighted by Crippen LogP contribution is -2.56. The summed E-state index contributed by atoms with van der Waals surface area (Å²) >= 11 is 0. The molecule has 7 heteroatoms. The van der Waals surface area contributed by atoms with Gasteiger partial charge in [-0.25, -0.2) is 0 Å². The molecule has 4 aliphatic rings. The molecule has 28 heavy (non-hydrogen) atoms. The van der Waals surface area contributed by atoms with Crippen molar-refractivity contribution in [1.82, 2.24) is 15.0 Å². The Labute approximate surface area is 166 Å². The van der Waals surface area contributed by atoms with Gasteiger partial charge >= 0.3 is 0 Å². The molecule has 7 nitrogen and oxygen atoms in total. The van der Waals surface area contributed by atoms with Gasteiger partial charge < -0.3 is 19.6 Å². The highest BCUT2D eigenvalue weighted by Crippen LogP contribution is 2.60. The van der Waals surface area contributed by atoms with E-state index < -0.39 is 0 Å². The Bertz CT molecular complexity index is 706. The fourth-order valence-corrected chi connectivity index (χ4v) is 6.06. The lowest BCUT2D eigenvalue weighted by atomic mass is 9.49. The molecule has 4 saturated carbocycles. The zero-order chi connectivity index (χ0) is 19.9. The molecular weight excluding hydrogens is 356 g/mol. The number of amides is 2. The van der Waals surface area contributed by atoms with Crippen LogP contribution in [0.1, 0.15) is 44.3 Å². The number of rotatable bonds is 7.